The Kier molecular flexibility index (Phi) is 3.00. The highest BCUT2D eigenvalue weighted by Crippen LogP contribution is 2.30. The zero-order valence-corrected chi connectivity index (χ0v) is 10.7. The minimum absolute atomic E-state index is 0.0137. The number of carboxylic acids is 1. The largest absolute Gasteiger partial charge is 0.481 e. The quantitative estimate of drug-likeness (QED) is 0.791. The molecular weight excluding hydrogens is 264 g/mol. The molecule has 2 heterocycles. The second-order valence-electron chi connectivity index (χ2n) is 4.00. The highest BCUT2D eigenvalue weighted by Gasteiger charge is 2.12. The summed E-state index contributed by atoms with van der Waals surface area (Å²) in [6.45, 7) is 0. The van der Waals surface area contributed by atoms with Crippen LogP contribution in [0, 0.1) is 0 Å². The summed E-state index contributed by atoms with van der Waals surface area (Å²) >= 11 is 1.53. The Morgan fingerprint density at radius 1 is 1.37 bits per heavy atom. The van der Waals surface area contributed by atoms with Crippen LogP contribution in [0.4, 0.5) is 0 Å². The molecule has 0 fully saturated rings. The van der Waals surface area contributed by atoms with Gasteiger partial charge in [0.15, 0.2) is 16.7 Å². The Bertz CT molecular complexity index is 699. The lowest BCUT2D eigenvalue weighted by Crippen LogP contribution is -1.97. The highest BCUT2D eigenvalue weighted by atomic mass is 32.1. The van der Waals surface area contributed by atoms with Gasteiger partial charge in [-0.2, -0.15) is 0 Å². The number of para-hydroxylation sites is 1. The molecule has 0 bridgehead atoms. The van der Waals surface area contributed by atoms with Crippen molar-refractivity contribution in [2.24, 2.45) is 0 Å². The molecule has 1 aromatic carbocycles. The van der Waals surface area contributed by atoms with E-state index < -0.39 is 5.97 Å². The number of nitrogens with zero attached hydrogens (tertiary/aromatic N) is 2. The summed E-state index contributed by atoms with van der Waals surface area (Å²) in [5, 5.41) is 9.37. The molecule has 0 spiro atoms. The van der Waals surface area contributed by atoms with Crippen LogP contribution in [0.5, 0.6) is 0 Å². The third-order valence-electron chi connectivity index (χ3n) is 2.61. The minimum atomic E-state index is -0.861. The zero-order chi connectivity index (χ0) is 13.2. The molecule has 0 radical (unpaired) electrons. The molecule has 5 nitrogen and oxygen atoms in total. The maximum absolute atomic E-state index is 10.5. The molecule has 0 saturated carbocycles. The summed E-state index contributed by atoms with van der Waals surface area (Å²) in [4.78, 5) is 19.0. The second kappa shape index (κ2) is 4.81. The summed E-state index contributed by atoms with van der Waals surface area (Å²) in [6.07, 6.45) is 1.90. The number of thiazole rings is 1. The van der Waals surface area contributed by atoms with Crippen LogP contribution in [-0.4, -0.2) is 21.0 Å². The lowest BCUT2D eigenvalue weighted by atomic mass is 10.3. The van der Waals surface area contributed by atoms with Crippen molar-refractivity contribution in [3.05, 3.63) is 36.4 Å². The van der Waals surface area contributed by atoms with Gasteiger partial charge in [0.05, 0.1) is 22.8 Å². The third kappa shape index (κ3) is 2.48. The third-order valence-corrected chi connectivity index (χ3v) is 3.66. The number of hydrogen-bond acceptors (Lipinski definition) is 5. The van der Waals surface area contributed by atoms with Gasteiger partial charge in [-0.25, -0.2) is 9.97 Å². The number of fused-ring (bicyclic) bond motifs is 1. The van der Waals surface area contributed by atoms with Crippen LogP contribution < -0.4 is 0 Å². The number of hydrogen-bond donors (Lipinski definition) is 1. The van der Waals surface area contributed by atoms with Crippen molar-refractivity contribution in [1.29, 1.82) is 0 Å². The maximum Gasteiger partial charge on any atom is 0.303 e. The SMILES string of the molecule is O=C(O)CCc1ncc(-c2nc3ccccc3s2)o1. The fourth-order valence-electron chi connectivity index (χ4n) is 1.72. The molecule has 0 saturated heterocycles. The van der Waals surface area contributed by atoms with E-state index in [4.69, 9.17) is 9.52 Å². The van der Waals surface area contributed by atoms with E-state index in [2.05, 4.69) is 9.97 Å². The van der Waals surface area contributed by atoms with Crippen LogP contribution in [0.2, 0.25) is 0 Å². The van der Waals surface area contributed by atoms with Crippen molar-refractivity contribution in [2.45, 2.75) is 12.8 Å². The number of oxazole rings is 1. The molecule has 2 aromatic heterocycles. The van der Waals surface area contributed by atoms with Gasteiger partial charge in [0.25, 0.3) is 0 Å². The van der Waals surface area contributed by atoms with Crippen molar-refractivity contribution < 1.29 is 14.3 Å². The molecule has 3 aromatic rings. The van der Waals surface area contributed by atoms with Gasteiger partial charge < -0.3 is 9.52 Å². The summed E-state index contributed by atoms with van der Waals surface area (Å²) < 4.78 is 6.61. The zero-order valence-electron chi connectivity index (χ0n) is 9.87. The standard InChI is InChI=1S/C13H10N2O3S/c16-12(17)6-5-11-14-7-9(18-11)13-15-8-3-1-2-4-10(8)19-13/h1-4,7H,5-6H2,(H,16,17). The van der Waals surface area contributed by atoms with Crippen LogP contribution in [0.1, 0.15) is 12.3 Å². The molecule has 6 heteroatoms. The van der Waals surface area contributed by atoms with E-state index in [1.807, 2.05) is 24.3 Å². The lowest BCUT2D eigenvalue weighted by molar-refractivity contribution is -0.137. The first-order valence-corrected chi connectivity index (χ1v) is 6.56. The minimum Gasteiger partial charge on any atom is -0.481 e. The van der Waals surface area contributed by atoms with Gasteiger partial charge >= 0.3 is 5.97 Å². The molecule has 0 aliphatic rings. The number of carbonyl (C=O) groups is 1. The lowest BCUT2D eigenvalue weighted by Gasteiger charge is -1.90. The van der Waals surface area contributed by atoms with Gasteiger partial charge in [-0.05, 0) is 12.1 Å². The fraction of sp³-hybridized carbons (Fsp3) is 0.154. The van der Waals surface area contributed by atoms with E-state index >= 15 is 0 Å². The number of aliphatic carboxylic acids is 1. The van der Waals surface area contributed by atoms with Gasteiger partial charge in [0, 0.05) is 6.42 Å². The number of aromatic nitrogens is 2. The average molecular weight is 274 g/mol. The summed E-state index contributed by atoms with van der Waals surface area (Å²) in [5.41, 5.74) is 0.922. The van der Waals surface area contributed by atoms with E-state index in [1.54, 1.807) is 6.20 Å². The van der Waals surface area contributed by atoms with E-state index in [0.29, 0.717) is 18.1 Å². The molecule has 0 atom stereocenters. The number of carboxylic acid groups (broad SMARTS) is 1. The summed E-state index contributed by atoms with van der Waals surface area (Å²) in [7, 11) is 0. The van der Waals surface area contributed by atoms with Crippen LogP contribution >= 0.6 is 11.3 Å². The molecular formula is C13H10N2O3S. The number of rotatable bonds is 4. The molecule has 96 valence electrons. The predicted molar refractivity (Wildman–Crippen MR) is 71.1 cm³/mol. The molecule has 1 N–H and O–H groups in total. The molecule has 0 aliphatic carbocycles. The normalized spacial score (nSPS) is 10.9. The first-order valence-electron chi connectivity index (χ1n) is 5.75. The Morgan fingerprint density at radius 2 is 2.21 bits per heavy atom. The monoisotopic (exact) mass is 274 g/mol. The fourth-order valence-corrected chi connectivity index (χ4v) is 2.63. The molecule has 0 unspecified atom stereocenters. The van der Waals surface area contributed by atoms with Crippen molar-refractivity contribution in [2.75, 3.05) is 0 Å². The van der Waals surface area contributed by atoms with Gasteiger partial charge in [-0.15, -0.1) is 11.3 Å². The molecule has 0 aliphatic heterocycles. The van der Waals surface area contributed by atoms with Crippen LogP contribution in [0.15, 0.2) is 34.9 Å². The smallest absolute Gasteiger partial charge is 0.303 e. The van der Waals surface area contributed by atoms with Crippen molar-refractivity contribution in [1.82, 2.24) is 9.97 Å². The first-order chi connectivity index (χ1) is 9.22. The van der Waals surface area contributed by atoms with Gasteiger partial charge in [-0.3, -0.25) is 4.79 Å². The molecule has 3 rings (SSSR count). The second-order valence-corrected chi connectivity index (χ2v) is 5.03. The van der Waals surface area contributed by atoms with Crippen molar-refractivity contribution in [3.63, 3.8) is 0 Å². The van der Waals surface area contributed by atoms with Crippen molar-refractivity contribution in [3.8, 4) is 10.8 Å². The van der Waals surface area contributed by atoms with Gasteiger partial charge in [0.2, 0.25) is 0 Å². The van der Waals surface area contributed by atoms with Crippen LogP contribution in [-0.2, 0) is 11.2 Å². The van der Waals surface area contributed by atoms with E-state index in [-0.39, 0.29) is 6.42 Å². The number of benzene rings is 1. The van der Waals surface area contributed by atoms with E-state index in [0.717, 1.165) is 15.2 Å². The van der Waals surface area contributed by atoms with Crippen LogP contribution in [0.3, 0.4) is 0 Å². The van der Waals surface area contributed by atoms with Crippen molar-refractivity contribution >= 4 is 27.5 Å². The number of aryl methyl sites for hydroxylation is 1. The Labute approximate surface area is 112 Å². The topological polar surface area (TPSA) is 76.2 Å². The van der Waals surface area contributed by atoms with Gasteiger partial charge in [-0.1, -0.05) is 12.1 Å². The summed E-state index contributed by atoms with van der Waals surface area (Å²) in [5.74, 6) is 0.151. The Hall–Kier alpha value is -2.21. The average Bonchev–Trinajstić information content (AvgIpc) is 3.02. The first kappa shape index (κ1) is 11.9. The van der Waals surface area contributed by atoms with Crippen LogP contribution in [0.25, 0.3) is 21.0 Å². The predicted octanol–water partition coefficient (Wildman–Crippen LogP) is 2.97. The Balaban J connectivity index is 1.87. The Morgan fingerprint density at radius 3 is 3.00 bits per heavy atom. The molecule has 19 heavy (non-hydrogen) atoms. The maximum atomic E-state index is 10.5. The summed E-state index contributed by atoms with van der Waals surface area (Å²) in [6, 6.07) is 7.84. The van der Waals surface area contributed by atoms with Gasteiger partial charge in [0.1, 0.15) is 0 Å². The molecule has 0 amide bonds. The van der Waals surface area contributed by atoms with E-state index in [1.165, 1.54) is 11.3 Å². The van der Waals surface area contributed by atoms with E-state index in [9.17, 15) is 4.79 Å². The highest BCUT2D eigenvalue weighted by molar-refractivity contribution is 7.21.